The average Bonchev–Trinajstić information content (AvgIpc) is 3.61. The summed E-state index contributed by atoms with van der Waals surface area (Å²) in [4.78, 5) is 10.4. The van der Waals surface area contributed by atoms with Crippen molar-refractivity contribution in [3.8, 4) is 0 Å². The van der Waals surface area contributed by atoms with Gasteiger partial charge in [-0.1, -0.05) is 154 Å². The summed E-state index contributed by atoms with van der Waals surface area (Å²) >= 11 is 0. The molecule has 4 aliphatic rings. The maximum Gasteiger partial charge on any atom is 0.240 e. The van der Waals surface area contributed by atoms with Crippen LogP contribution in [0.5, 0.6) is 0 Å². The summed E-state index contributed by atoms with van der Waals surface area (Å²) < 4.78 is 0. The van der Waals surface area contributed by atoms with Crippen LogP contribution >= 0.6 is 0 Å². The van der Waals surface area contributed by atoms with E-state index in [1.807, 2.05) is 0 Å². The average molecular weight is 799 g/mol. The van der Waals surface area contributed by atoms with E-state index in [0.29, 0.717) is 0 Å². The van der Waals surface area contributed by atoms with Crippen LogP contribution in [0.2, 0.25) is 26.2 Å². The molecule has 0 N–H and O–H groups in total. The third-order valence-electron chi connectivity index (χ3n) is 14.2. The molecule has 0 atom stereocenters. The topological polar surface area (TPSA) is 13.0 Å². The highest BCUT2D eigenvalue weighted by Crippen LogP contribution is 2.54. The second-order valence-corrected chi connectivity index (χ2v) is 27.6. The molecule has 11 rings (SSSR count). The quantitative estimate of drug-likeness (QED) is 0.166. The van der Waals surface area contributed by atoms with Gasteiger partial charge in [0.15, 0.2) is 0 Å². The molecule has 7 aromatic carbocycles. The molecule has 0 saturated heterocycles. The highest BCUT2D eigenvalue weighted by atomic mass is 28.3. The zero-order valence-electron chi connectivity index (χ0n) is 35.5. The van der Waals surface area contributed by atoms with Gasteiger partial charge in [-0.3, -0.25) is 0 Å². The Bertz CT molecular complexity index is 2620. The summed E-state index contributed by atoms with van der Waals surface area (Å²) in [5.41, 5.74) is 13.9. The molecule has 7 heteroatoms. The Hall–Kier alpha value is -5.76. The minimum atomic E-state index is -2.20. The van der Waals surface area contributed by atoms with Crippen molar-refractivity contribution in [3.05, 3.63) is 164 Å². The van der Waals surface area contributed by atoms with Crippen molar-refractivity contribution < 1.29 is 0 Å². The largest absolute Gasteiger partial charge is 0.316 e. The van der Waals surface area contributed by atoms with E-state index in [4.69, 9.17) is 0 Å². The number of benzene rings is 7. The molecule has 0 fully saturated rings. The van der Waals surface area contributed by atoms with Crippen molar-refractivity contribution in [2.24, 2.45) is 0 Å². The first-order valence-electron chi connectivity index (χ1n) is 21.2. The Kier molecular flexibility index (Phi) is 7.62. The van der Waals surface area contributed by atoms with Gasteiger partial charge in [-0.2, -0.15) is 0 Å². The fraction of sp³-hybridized carbons (Fsp3) is 0.192. The number of hydrogen-bond acceptors (Lipinski definition) is 4. The lowest BCUT2D eigenvalue weighted by Gasteiger charge is -2.46. The lowest BCUT2D eigenvalue weighted by Crippen LogP contribution is -2.86. The van der Waals surface area contributed by atoms with E-state index in [1.165, 1.54) is 56.4 Å². The van der Waals surface area contributed by atoms with E-state index >= 15 is 0 Å². The van der Waals surface area contributed by atoms with Crippen molar-refractivity contribution in [1.29, 1.82) is 0 Å². The number of nitrogens with zero attached hydrogens (tertiary/aromatic N) is 4. The minimum Gasteiger partial charge on any atom is -0.316 e. The highest BCUT2D eigenvalue weighted by molar-refractivity contribution is 7.21. The van der Waals surface area contributed by atoms with Gasteiger partial charge < -0.3 is 19.6 Å². The number of fused-ring (bicyclic) bond motifs is 6. The SMILES string of the molecule is CC1(C)N(c2ccccc2)c2cc3c(cc2N1c1ccccc1)[Si](C)(C)c1cccc2c1B3c1cc3c(cc1[Si]2(C)C)N(c1ccccc1)C(C)(C)N3c1ccccc1. The van der Waals surface area contributed by atoms with Crippen LogP contribution in [0.15, 0.2) is 164 Å². The van der Waals surface area contributed by atoms with Crippen LogP contribution < -0.4 is 56.7 Å². The van der Waals surface area contributed by atoms with Gasteiger partial charge in [0.25, 0.3) is 0 Å². The summed E-state index contributed by atoms with van der Waals surface area (Å²) in [5.74, 6) is 0. The zero-order valence-corrected chi connectivity index (χ0v) is 37.5. The first-order valence-corrected chi connectivity index (χ1v) is 27.2. The molecule has 0 saturated carbocycles. The summed E-state index contributed by atoms with van der Waals surface area (Å²) in [6.45, 7) is 20.1. The summed E-state index contributed by atoms with van der Waals surface area (Å²) in [6, 6.07) is 62.0. The van der Waals surface area contributed by atoms with Crippen LogP contribution in [0.25, 0.3) is 0 Å². The van der Waals surface area contributed by atoms with Gasteiger partial charge in [-0.05, 0) is 100 Å². The number of rotatable bonds is 4. The molecular formula is C52H51BN4Si2. The second-order valence-electron chi connectivity index (χ2n) is 19.0. The standard InChI is InChI=1S/C52H51BN4Si2/c1-51(2)54(36-22-13-9-14-23-36)42-32-40-48(34-44(42)56(51)38-26-17-11-18-27-38)58(5,6)46-30-21-31-47-50(46)53(40)41-33-43-45(35-49(41)59(47,7)8)57(39-28-19-12-20-29-39)52(3,4)55(43)37-24-15-10-16-25-37/h9-35H,1-8H3. The van der Waals surface area contributed by atoms with E-state index in [0.717, 1.165) is 0 Å². The van der Waals surface area contributed by atoms with Crippen LogP contribution in [0.4, 0.5) is 45.5 Å². The van der Waals surface area contributed by atoms with E-state index in [-0.39, 0.29) is 18.0 Å². The fourth-order valence-corrected chi connectivity index (χ4v) is 18.2. The summed E-state index contributed by atoms with van der Waals surface area (Å²) in [6.07, 6.45) is 0. The maximum atomic E-state index is 2.63. The Labute approximate surface area is 352 Å². The van der Waals surface area contributed by atoms with Crippen molar-refractivity contribution in [2.45, 2.75) is 65.2 Å². The Morgan fingerprint density at radius 2 is 0.644 bits per heavy atom. The van der Waals surface area contributed by atoms with Crippen molar-refractivity contribution in [1.82, 2.24) is 0 Å². The molecule has 0 radical (unpaired) electrons. The van der Waals surface area contributed by atoms with E-state index in [2.05, 4.69) is 237 Å². The molecule has 0 aliphatic carbocycles. The second kappa shape index (κ2) is 12.4. The molecule has 7 aromatic rings. The minimum absolute atomic E-state index is 0.126. The predicted octanol–water partition coefficient (Wildman–Crippen LogP) is 8.53. The first kappa shape index (κ1) is 36.3. The summed E-state index contributed by atoms with van der Waals surface area (Å²) in [7, 11) is -4.40. The van der Waals surface area contributed by atoms with E-state index in [9.17, 15) is 0 Å². The molecule has 290 valence electrons. The van der Waals surface area contributed by atoms with Crippen LogP contribution in [0.3, 0.4) is 0 Å². The Morgan fingerprint density at radius 3 is 0.949 bits per heavy atom. The van der Waals surface area contributed by atoms with Crippen molar-refractivity contribution in [3.63, 3.8) is 0 Å². The molecule has 0 spiro atoms. The normalized spacial score (nSPS) is 18.2. The van der Waals surface area contributed by atoms with Gasteiger partial charge >= 0.3 is 0 Å². The molecule has 59 heavy (non-hydrogen) atoms. The van der Waals surface area contributed by atoms with Gasteiger partial charge in [0.05, 0.1) is 22.7 Å². The lowest BCUT2D eigenvalue weighted by atomic mass is 9.36. The summed E-state index contributed by atoms with van der Waals surface area (Å²) in [5, 5.41) is 6.32. The molecular weight excluding hydrogens is 748 g/mol. The van der Waals surface area contributed by atoms with E-state index in [1.54, 1.807) is 26.2 Å². The zero-order chi connectivity index (χ0) is 40.6. The Balaban J connectivity index is 1.22. The van der Waals surface area contributed by atoms with Gasteiger partial charge in [0.1, 0.15) is 27.5 Å². The first-order chi connectivity index (χ1) is 28.3. The molecule has 0 unspecified atom stereocenters. The molecule has 4 aliphatic heterocycles. The van der Waals surface area contributed by atoms with Crippen LogP contribution in [0.1, 0.15) is 27.7 Å². The number of anilines is 8. The maximum absolute atomic E-state index is 2.63. The predicted molar refractivity (Wildman–Crippen MR) is 260 cm³/mol. The third-order valence-corrected chi connectivity index (χ3v) is 21.3. The van der Waals surface area contributed by atoms with Crippen molar-refractivity contribution >= 4 is 105 Å². The van der Waals surface area contributed by atoms with Gasteiger partial charge in [-0.15, -0.1) is 0 Å². The molecule has 0 bridgehead atoms. The highest BCUT2D eigenvalue weighted by Gasteiger charge is 2.54. The fourth-order valence-electron chi connectivity index (χ4n) is 11.7. The van der Waals surface area contributed by atoms with Gasteiger partial charge in [0, 0.05) is 22.7 Å². The monoisotopic (exact) mass is 798 g/mol. The van der Waals surface area contributed by atoms with Crippen LogP contribution in [0, 0.1) is 0 Å². The molecule has 4 nitrogen and oxygen atoms in total. The third kappa shape index (κ3) is 4.89. The molecule has 0 aromatic heterocycles. The van der Waals surface area contributed by atoms with Gasteiger partial charge in [-0.25, -0.2) is 0 Å². The van der Waals surface area contributed by atoms with Crippen LogP contribution in [-0.4, -0.2) is 34.2 Å². The van der Waals surface area contributed by atoms with Crippen molar-refractivity contribution in [2.75, 3.05) is 19.6 Å². The molecule has 0 amide bonds. The smallest absolute Gasteiger partial charge is 0.240 e. The molecule has 4 heterocycles. The Morgan fingerprint density at radius 1 is 0.356 bits per heavy atom. The lowest BCUT2D eigenvalue weighted by molar-refractivity contribution is 0.540. The van der Waals surface area contributed by atoms with Crippen LogP contribution in [-0.2, 0) is 0 Å². The number of para-hydroxylation sites is 4. The van der Waals surface area contributed by atoms with E-state index < -0.39 is 16.1 Å². The van der Waals surface area contributed by atoms with Gasteiger partial charge in [0.2, 0.25) is 6.71 Å². The number of hydrogen-bond donors (Lipinski definition) is 0.